The van der Waals surface area contributed by atoms with Crippen LogP contribution in [-0.4, -0.2) is 81.8 Å². The highest BCUT2D eigenvalue weighted by atomic mass is 32.2. The van der Waals surface area contributed by atoms with Crippen molar-refractivity contribution in [1.82, 2.24) is 14.5 Å². The molecule has 1 saturated heterocycles. The first-order chi connectivity index (χ1) is 12.4. The van der Waals surface area contributed by atoms with Crippen molar-refractivity contribution in [3.05, 3.63) is 22.4 Å². The number of nitrogens with one attached hydrogen (secondary N) is 1. The van der Waals surface area contributed by atoms with Gasteiger partial charge in [0.15, 0.2) is 5.96 Å². The topological polar surface area (TPSA) is 74.2 Å². The second-order valence-corrected chi connectivity index (χ2v) is 9.55. The van der Waals surface area contributed by atoms with Crippen LogP contribution in [0.4, 0.5) is 0 Å². The largest absolute Gasteiger partial charge is 0.378 e. The van der Waals surface area contributed by atoms with Crippen molar-refractivity contribution in [3.63, 3.8) is 0 Å². The van der Waals surface area contributed by atoms with Gasteiger partial charge in [0.2, 0.25) is 10.0 Å². The Morgan fingerprint density at radius 3 is 2.65 bits per heavy atom. The molecule has 0 saturated carbocycles. The van der Waals surface area contributed by atoms with Crippen molar-refractivity contribution in [3.8, 4) is 0 Å². The molecule has 2 heterocycles. The lowest BCUT2D eigenvalue weighted by Crippen LogP contribution is -2.54. The molecule has 0 spiro atoms. The summed E-state index contributed by atoms with van der Waals surface area (Å²) in [6.45, 7) is 7.12. The Kier molecular flexibility index (Phi) is 8.33. The lowest BCUT2D eigenvalue weighted by atomic mass is 10.3. The number of piperazine rings is 1. The van der Waals surface area contributed by atoms with Gasteiger partial charge in [-0.25, -0.2) is 8.42 Å². The summed E-state index contributed by atoms with van der Waals surface area (Å²) in [5.74, 6) is 0.876. The Hall–Kier alpha value is -1.16. The molecule has 1 N–H and O–H groups in total. The molecule has 1 aromatic rings. The van der Waals surface area contributed by atoms with Gasteiger partial charge in [0.1, 0.15) is 0 Å². The van der Waals surface area contributed by atoms with E-state index in [0.717, 1.165) is 18.9 Å². The molecule has 0 aromatic carbocycles. The normalized spacial score (nSPS) is 17.1. The van der Waals surface area contributed by atoms with Gasteiger partial charge in [-0.2, -0.15) is 4.31 Å². The molecule has 0 aliphatic carbocycles. The number of hydrogen-bond donors (Lipinski definition) is 1. The van der Waals surface area contributed by atoms with Gasteiger partial charge in [0.05, 0.1) is 18.5 Å². The Morgan fingerprint density at radius 2 is 2.08 bits per heavy atom. The minimum atomic E-state index is -3.26. The van der Waals surface area contributed by atoms with E-state index in [2.05, 4.69) is 32.7 Å². The Bertz CT molecular complexity index is 652. The van der Waals surface area contributed by atoms with Crippen LogP contribution in [0, 0.1) is 0 Å². The zero-order valence-corrected chi connectivity index (χ0v) is 17.5. The number of nitrogens with zero attached hydrogens (tertiary/aromatic N) is 3. The van der Waals surface area contributed by atoms with Crippen LogP contribution in [0.1, 0.15) is 18.7 Å². The molecule has 1 aromatic heterocycles. The molecule has 0 bridgehead atoms. The molecule has 9 heteroatoms. The predicted octanol–water partition coefficient (Wildman–Crippen LogP) is 1.24. The smallest absolute Gasteiger partial charge is 0.216 e. The lowest BCUT2D eigenvalue weighted by molar-refractivity contribution is 0.0904. The van der Waals surface area contributed by atoms with E-state index in [1.807, 2.05) is 13.8 Å². The van der Waals surface area contributed by atoms with Crippen molar-refractivity contribution >= 4 is 27.3 Å². The third kappa shape index (κ3) is 6.53. The minimum absolute atomic E-state index is 0.0406. The molecule has 7 nitrogen and oxygen atoms in total. The zero-order chi connectivity index (χ0) is 19.0. The highest BCUT2D eigenvalue weighted by molar-refractivity contribution is 7.89. The molecule has 1 aliphatic heterocycles. The first-order valence-corrected chi connectivity index (χ1v) is 11.5. The van der Waals surface area contributed by atoms with E-state index in [9.17, 15) is 8.42 Å². The number of ether oxygens (including phenoxy) is 1. The highest BCUT2D eigenvalue weighted by Crippen LogP contribution is 2.10. The monoisotopic (exact) mass is 402 g/mol. The Morgan fingerprint density at radius 1 is 1.35 bits per heavy atom. The van der Waals surface area contributed by atoms with Crippen LogP contribution in [0.5, 0.6) is 0 Å². The number of rotatable bonds is 8. The molecule has 0 amide bonds. The number of aliphatic imine (C=N–C) groups is 1. The van der Waals surface area contributed by atoms with Gasteiger partial charge in [-0.05, 0) is 31.7 Å². The van der Waals surface area contributed by atoms with Gasteiger partial charge >= 0.3 is 0 Å². The third-order valence-corrected chi connectivity index (χ3v) is 6.94. The van der Waals surface area contributed by atoms with Crippen LogP contribution in [0.2, 0.25) is 0 Å². The van der Waals surface area contributed by atoms with E-state index >= 15 is 0 Å². The summed E-state index contributed by atoms with van der Waals surface area (Å²) in [4.78, 5) is 7.79. The minimum Gasteiger partial charge on any atom is -0.378 e. The maximum absolute atomic E-state index is 12.4. The molecule has 1 fully saturated rings. The summed E-state index contributed by atoms with van der Waals surface area (Å²) < 4.78 is 31.7. The van der Waals surface area contributed by atoms with Crippen molar-refractivity contribution in [1.29, 1.82) is 0 Å². The number of sulfonamides is 1. The van der Waals surface area contributed by atoms with Gasteiger partial charge in [-0.3, -0.25) is 4.99 Å². The van der Waals surface area contributed by atoms with Crippen LogP contribution in [0.25, 0.3) is 0 Å². The summed E-state index contributed by atoms with van der Waals surface area (Å²) in [6.07, 6.45) is 1.01. The average molecular weight is 403 g/mol. The summed E-state index contributed by atoms with van der Waals surface area (Å²) in [7, 11) is -1.49. The van der Waals surface area contributed by atoms with E-state index in [0.29, 0.717) is 26.2 Å². The molecule has 0 atom stereocenters. The molecule has 0 unspecified atom stereocenters. The maximum Gasteiger partial charge on any atom is 0.216 e. The highest BCUT2D eigenvalue weighted by Gasteiger charge is 2.27. The summed E-state index contributed by atoms with van der Waals surface area (Å²) in [5.41, 5.74) is 0. The fraction of sp³-hybridized carbons (Fsp3) is 0.706. The van der Waals surface area contributed by atoms with Crippen LogP contribution >= 0.6 is 11.3 Å². The third-order valence-electron chi connectivity index (χ3n) is 4.17. The quantitative estimate of drug-likeness (QED) is 0.523. The van der Waals surface area contributed by atoms with E-state index in [1.54, 1.807) is 22.7 Å². The molecule has 2 rings (SSSR count). The SMILES string of the molecule is CN=C(NCCc1cccs1)N1CCN(S(=O)(=O)CCOC(C)C)CC1. The Balaban J connectivity index is 1.76. The van der Waals surface area contributed by atoms with E-state index < -0.39 is 10.0 Å². The number of hydrogen-bond acceptors (Lipinski definition) is 5. The molecular formula is C17H30N4O3S2. The van der Waals surface area contributed by atoms with Crippen LogP contribution < -0.4 is 5.32 Å². The Labute approximate surface area is 161 Å². The molecule has 148 valence electrons. The van der Waals surface area contributed by atoms with Crippen LogP contribution in [0.15, 0.2) is 22.5 Å². The molecule has 0 radical (unpaired) electrons. The van der Waals surface area contributed by atoms with Crippen LogP contribution in [-0.2, 0) is 21.2 Å². The van der Waals surface area contributed by atoms with Crippen molar-refractivity contribution in [2.75, 3.05) is 52.1 Å². The summed E-state index contributed by atoms with van der Waals surface area (Å²) in [5, 5.41) is 5.45. The second-order valence-electron chi connectivity index (χ2n) is 6.43. The van der Waals surface area contributed by atoms with Gasteiger partial charge in [0, 0.05) is 44.6 Å². The van der Waals surface area contributed by atoms with Crippen molar-refractivity contribution in [2.45, 2.75) is 26.4 Å². The fourth-order valence-electron chi connectivity index (χ4n) is 2.78. The van der Waals surface area contributed by atoms with Gasteiger partial charge in [-0.15, -0.1) is 11.3 Å². The predicted molar refractivity (Wildman–Crippen MR) is 107 cm³/mol. The fourth-order valence-corrected chi connectivity index (χ4v) is 4.77. The first-order valence-electron chi connectivity index (χ1n) is 9.00. The second kappa shape index (κ2) is 10.2. The van der Waals surface area contributed by atoms with Gasteiger partial charge in [0.25, 0.3) is 0 Å². The van der Waals surface area contributed by atoms with E-state index in [4.69, 9.17) is 4.74 Å². The van der Waals surface area contributed by atoms with E-state index in [-0.39, 0.29) is 18.5 Å². The standard InChI is InChI=1S/C17H30N4O3S2/c1-15(2)24-12-14-26(22,23)21-10-8-20(9-11-21)17(18-3)19-7-6-16-5-4-13-25-16/h4-5,13,15H,6-12,14H2,1-3H3,(H,18,19). The molecule has 26 heavy (non-hydrogen) atoms. The summed E-state index contributed by atoms with van der Waals surface area (Å²) >= 11 is 1.75. The van der Waals surface area contributed by atoms with Crippen molar-refractivity contribution < 1.29 is 13.2 Å². The molecule has 1 aliphatic rings. The average Bonchev–Trinajstić information content (AvgIpc) is 3.12. The van der Waals surface area contributed by atoms with E-state index in [1.165, 1.54) is 4.88 Å². The maximum atomic E-state index is 12.4. The summed E-state index contributed by atoms with van der Waals surface area (Å²) in [6, 6.07) is 4.18. The van der Waals surface area contributed by atoms with Gasteiger partial charge < -0.3 is 15.0 Å². The molecular weight excluding hydrogens is 372 g/mol. The zero-order valence-electron chi connectivity index (χ0n) is 15.8. The number of guanidine groups is 1. The van der Waals surface area contributed by atoms with Crippen molar-refractivity contribution in [2.24, 2.45) is 4.99 Å². The first kappa shape index (κ1) is 21.1. The lowest BCUT2D eigenvalue weighted by Gasteiger charge is -2.35. The number of thiophene rings is 1. The van der Waals surface area contributed by atoms with Crippen LogP contribution in [0.3, 0.4) is 0 Å². The van der Waals surface area contributed by atoms with Gasteiger partial charge in [-0.1, -0.05) is 6.07 Å².